The number of halogens is 1. The third-order valence-electron chi connectivity index (χ3n) is 2.87. The first-order chi connectivity index (χ1) is 9.12. The predicted molar refractivity (Wildman–Crippen MR) is 79.7 cm³/mol. The Morgan fingerprint density at radius 1 is 1.30 bits per heavy atom. The van der Waals surface area contributed by atoms with Crippen molar-refractivity contribution in [1.29, 1.82) is 0 Å². The lowest BCUT2D eigenvalue weighted by Gasteiger charge is -2.15. The number of nitrogens with zero attached hydrogens (tertiary/aromatic N) is 3. The fourth-order valence-corrected chi connectivity index (χ4v) is 2.91. The highest BCUT2D eigenvalue weighted by Gasteiger charge is 2.18. The van der Waals surface area contributed by atoms with Gasteiger partial charge in [0.25, 0.3) is 5.56 Å². The van der Waals surface area contributed by atoms with Crippen LogP contribution in [0.15, 0.2) is 20.5 Å². The van der Waals surface area contributed by atoms with E-state index in [1.54, 1.807) is 13.0 Å². The van der Waals surface area contributed by atoms with E-state index in [-0.39, 0.29) is 16.8 Å². The molecule has 0 fully saturated rings. The van der Waals surface area contributed by atoms with Gasteiger partial charge in [0.2, 0.25) is 15.0 Å². The van der Waals surface area contributed by atoms with E-state index in [2.05, 4.69) is 25.9 Å². The average Bonchev–Trinajstić information content (AvgIpc) is 2.29. The van der Waals surface area contributed by atoms with Gasteiger partial charge in [0.1, 0.15) is 5.65 Å². The van der Waals surface area contributed by atoms with E-state index in [0.29, 0.717) is 21.2 Å². The molecule has 0 aliphatic rings. The molecule has 2 aromatic heterocycles. The molecule has 0 atom stereocenters. The first-order valence-corrected chi connectivity index (χ1v) is 8.61. The topological polar surface area (TPSA) is 81.9 Å². The van der Waals surface area contributed by atoms with E-state index in [1.807, 2.05) is 13.8 Å². The maximum atomic E-state index is 12.2. The van der Waals surface area contributed by atoms with Gasteiger partial charge >= 0.3 is 0 Å². The lowest BCUT2D eigenvalue weighted by atomic mass is 10.2. The molecule has 2 aromatic rings. The number of sulfone groups is 1. The van der Waals surface area contributed by atoms with Gasteiger partial charge in [0, 0.05) is 17.7 Å². The van der Waals surface area contributed by atoms with Crippen LogP contribution in [0.1, 0.15) is 25.6 Å². The van der Waals surface area contributed by atoms with Crippen LogP contribution in [0.4, 0.5) is 0 Å². The van der Waals surface area contributed by atoms with Gasteiger partial charge in [-0.2, -0.15) is 4.98 Å². The molecule has 0 aliphatic heterocycles. The molecule has 0 bridgehead atoms. The first kappa shape index (κ1) is 15.1. The molecule has 6 nitrogen and oxygen atoms in total. The molecular weight excluding hydrogens is 346 g/mol. The molecular formula is C12H14BrN3O3S. The summed E-state index contributed by atoms with van der Waals surface area (Å²) in [4.78, 5) is 20.3. The Labute approximate surface area is 124 Å². The fourth-order valence-electron chi connectivity index (χ4n) is 1.94. The zero-order valence-electron chi connectivity index (χ0n) is 11.5. The summed E-state index contributed by atoms with van der Waals surface area (Å²) in [5.74, 6) is 0. The minimum atomic E-state index is -3.53. The SMILES string of the molecule is Cc1nc(S(C)(=O)=O)nc2c1cc(Br)c(=O)n2C(C)C. The molecule has 0 saturated heterocycles. The molecule has 0 saturated carbocycles. The molecule has 2 heterocycles. The Hall–Kier alpha value is -1.28. The van der Waals surface area contributed by atoms with E-state index in [9.17, 15) is 13.2 Å². The van der Waals surface area contributed by atoms with Gasteiger partial charge in [-0.1, -0.05) is 0 Å². The van der Waals surface area contributed by atoms with Crippen LogP contribution in [-0.4, -0.2) is 29.2 Å². The van der Waals surface area contributed by atoms with Crippen molar-refractivity contribution in [3.05, 3.63) is 26.6 Å². The smallest absolute Gasteiger partial charge is 0.266 e. The standard InChI is InChI=1S/C12H14BrN3O3S/c1-6(2)16-10-8(5-9(13)11(16)17)7(3)14-12(15-10)20(4,18)19/h5-6H,1-4H3. The third kappa shape index (κ3) is 2.49. The van der Waals surface area contributed by atoms with Crippen molar-refractivity contribution < 1.29 is 8.42 Å². The van der Waals surface area contributed by atoms with Gasteiger partial charge in [0.15, 0.2) is 0 Å². The number of pyridine rings is 1. The van der Waals surface area contributed by atoms with Gasteiger partial charge in [-0.05, 0) is 42.8 Å². The predicted octanol–water partition coefficient (Wildman–Crippen LogP) is 1.85. The highest BCUT2D eigenvalue weighted by molar-refractivity contribution is 9.10. The summed E-state index contributed by atoms with van der Waals surface area (Å²) >= 11 is 3.22. The number of hydrogen-bond donors (Lipinski definition) is 0. The summed E-state index contributed by atoms with van der Waals surface area (Å²) in [5.41, 5.74) is 0.608. The minimum absolute atomic E-state index is 0.149. The molecule has 0 N–H and O–H groups in total. The van der Waals surface area contributed by atoms with E-state index in [0.717, 1.165) is 6.26 Å². The van der Waals surface area contributed by atoms with Crippen LogP contribution >= 0.6 is 15.9 Å². The maximum absolute atomic E-state index is 12.2. The molecule has 0 radical (unpaired) electrons. The van der Waals surface area contributed by atoms with Gasteiger partial charge < -0.3 is 0 Å². The van der Waals surface area contributed by atoms with Crippen molar-refractivity contribution in [2.75, 3.05) is 6.26 Å². The Morgan fingerprint density at radius 2 is 1.90 bits per heavy atom. The zero-order chi connectivity index (χ0) is 15.2. The molecule has 0 aliphatic carbocycles. The molecule has 8 heteroatoms. The van der Waals surface area contributed by atoms with Crippen LogP contribution in [0.25, 0.3) is 11.0 Å². The molecule has 0 unspecified atom stereocenters. The minimum Gasteiger partial charge on any atom is -0.289 e. The lowest BCUT2D eigenvalue weighted by Crippen LogP contribution is -2.24. The zero-order valence-corrected chi connectivity index (χ0v) is 13.9. The van der Waals surface area contributed by atoms with E-state index < -0.39 is 9.84 Å². The van der Waals surface area contributed by atoms with Gasteiger partial charge in [-0.3, -0.25) is 9.36 Å². The summed E-state index contributed by atoms with van der Waals surface area (Å²) < 4.78 is 25.1. The highest BCUT2D eigenvalue weighted by atomic mass is 79.9. The van der Waals surface area contributed by atoms with Crippen molar-refractivity contribution in [1.82, 2.24) is 14.5 Å². The summed E-state index contributed by atoms with van der Waals surface area (Å²) in [6.07, 6.45) is 1.05. The van der Waals surface area contributed by atoms with Crippen LogP contribution < -0.4 is 5.56 Å². The Balaban J connectivity index is 3.05. The summed E-state index contributed by atoms with van der Waals surface area (Å²) in [6.45, 7) is 5.37. The van der Waals surface area contributed by atoms with Gasteiger partial charge in [-0.15, -0.1) is 0 Å². The number of aryl methyl sites for hydroxylation is 1. The van der Waals surface area contributed by atoms with Crippen LogP contribution in [0.3, 0.4) is 0 Å². The monoisotopic (exact) mass is 359 g/mol. The van der Waals surface area contributed by atoms with Crippen molar-refractivity contribution in [3.8, 4) is 0 Å². The lowest BCUT2D eigenvalue weighted by molar-refractivity contribution is 0.580. The Kier molecular flexibility index (Phi) is 3.72. The fraction of sp³-hybridized carbons (Fsp3) is 0.417. The normalized spacial score (nSPS) is 12.3. The quantitative estimate of drug-likeness (QED) is 0.764. The van der Waals surface area contributed by atoms with Crippen LogP contribution in [0.2, 0.25) is 0 Å². The average molecular weight is 360 g/mol. The van der Waals surface area contributed by atoms with Crippen molar-refractivity contribution in [3.63, 3.8) is 0 Å². The Bertz CT molecular complexity index is 856. The Morgan fingerprint density at radius 3 is 2.40 bits per heavy atom. The molecule has 2 rings (SSSR count). The third-order valence-corrected chi connectivity index (χ3v) is 4.28. The summed E-state index contributed by atoms with van der Waals surface area (Å²) in [7, 11) is -3.53. The molecule has 0 aromatic carbocycles. The van der Waals surface area contributed by atoms with E-state index >= 15 is 0 Å². The maximum Gasteiger partial charge on any atom is 0.266 e. The first-order valence-electron chi connectivity index (χ1n) is 5.92. The number of fused-ring (bicyclic) bond motifs is 1. The largest absolute Gasteiger partial charge is 0.289 e. The molecule has 108 valence electrons. The second-order valence-electron chi connectivity index (χ2n) is 4.86. The van der Waals surface area contributed by atoms with Crippen molar-refractivity contribution >= 4 is 36.8 Å². The molecule has 0 amide bonds. The van der Waals surface area contributed by atoms with Crippen LogP contribution in [-0.2, 0) is 9.84 Å². The van der Waals surface area contributed by atoms with Crippen molar-refractivity contribution in [2.45, 2.75) is 32.0 Å². The summed E-state index contributed by atoms with van der Waals surface area (Å²) in [5, 5.41) is 0.385. The highest BCUT2D eigenvalue weighted by Crippen LogP contribution is 2.21. The molecule has 0 spiro atoms. The van der Waals surface area contributed by atoms with Gasteiger partial charge in [0.05, 0.1) is 10.2 Å². The summed E-state index contributed by atoms with van der Waals surface area (Å²) in [6, 6.07) is 1.47. The molecule has 20 heavy (non-hydrogen) atoms. The van der Waals surface area contributed by atoms with E-state index in [1.165, 1.54) is 4.57 Å². The van der Waals surface area contributed by atoms with Crippen molar-refractivity contribution in [2.24, 2.45) is 0 Å². The van der Waals surface area contributed by atoms with Crippen LogP contribution in [0, 0.1) is 6.92 Å². The number of hydrogen-bond acceptors (Lipinski definition) is 5. The van der Waals surface area contributed by atoms with E-state index in [4.69, 9.17) is 0 Å². The van der Waals surface area contributed by atoms with Gasteiger partial charge in [-0.25, -0.2) is 13.4 Å². The van der Waals surface area contributed by atoms with Crippen LogP contribution in [0.5, 0.6) is 0 Å². The number of aromatic nitrogens is 3. The second-order valence-corrected chi connectivity index (χ2v) is 7.63. The second kappa shape index (κ2) is 4.92. The number of rotatable bonds is 2.